The number of carbonyl (C=O) groups is 3. The van der Waals surface area contributed by atoms with Crippen molar-refractivity contribution in [3.63, 3.8) is 0 Å². The highest BCUT2D eigenvalue weighted by Crippen LogP contribution is 2.48. The predicted octanol–water partition coefficient (Wildman–Crippen LogP) is -0.609. The van der Waals surface area contributed by atoms with E-state index in [1.807, 2.05) is 6.92 Å². The Labute approximate surface area is 141 Å². The zero-order valence-corrected chi connectivity index (χ0v) is 13.9. The maximum Gasteiger partial charge on any atom is 0.243 e. The summed E-state index contributed by atoms with van der Waals surface area (Å²) in [6.07, 6.45) is 1.46. The van der Waals surface area contributed by atoms with Crippen molar-refractivity contribution >= 4 is 30.1 Å². The van der Waals surface area contributed by atoms with E-state index in [2.05, 4.69) is 5.32 Å². The third-order valence-corrected chi connectivity index (χ3v) is 5.49. The molecule has 4 fully saturated rings. The monoisotopic (exact) mass is 343 g/mol. The number of likely N-dealkylation sites (tertiary alicyclic amines) is 1. The number of rotatable bonds is 2. The molecule has 5 atom stereocenters. The van der Waals surface area contributed by atoms with Gasteiger partial charge in [0, 0.05) is 25.7 Å². The minimum Gasteiger partial charge on any atom is -0.373 e. The summed E-state index contributed by atoms with van der Waals surface area (Å²) in [5.41, 5.74) is 0. The van der Waals surface area contributed by atoms with E-state index in [4.69, 9.17) is 4.74 Å². The standard InChI is InChI=1S/C15H21N3O4.ClH/c1-8-6-16-4-5-17(8)11(19)7-18-14(20)12-9-2-3-10(22-9)13(12)15(18)21;/h8-10,12-13,16H,2-7H2,1H3;1H. The molecule has 4 heterocycles. The molecule has 4 aliphatic rings. The topological polar surface area (TPSA) is 79.0 Å². The Kier molecular flexibility index (Phi) is 4.37. The summed E-state index contributed by atoms with van der Waals surface area (Å²) in [5, 5.41) is 3.22. The average molecular weight is 344 g/mol. The van der Waals surface area contributed by atoms with E-state index < -0.39 is 0 Å². The number of carbonyl (C=O) groups excluding carboxylic acids is 3. The first-order chi connectivity index (χ1) is 10.6. The summed E-state index contributed by atoms with van der Waals surface area (Å²) in [5.74, 6) is -1.25. The van der Waals surface area contributed by atoms with E-state index in [0.29, 0.717) is 6.54 Å². The van der Waals surface area contributed by atoms with E-state index in [1.165, 1.54) is 4.90 Å². The number of ether oxygens (including phenoxy) is 1. The number of amides is 3. The van der Waals surface area contributed by atoms with Crippen LogP contribution in [0.3, 0.4) is 0 Å². The summed E-state index contributed by atoms with van der Waals surface area (Å²) >= 11 is 0. The highest BCUT2D eigenvalue weighted by molar-refractivity contribution is 6.08. The minimum absolute atomic E-state index is 0. The Morgan fingerprint density at radius 1 is 1.22 bits per heavy atom. The number of halogens is 1. The lowest BCUT2D eigenvalue weighted by atomic mass is 9.81. The van der Waals surface area contributed by atoms with Gasteiger partial charge in [-0.3, -0.25) is 19.3 Å². The van der Waals surface area contributed by atoms with Gasteiger partial charge < -0.3 is 15.0 Å². The molecular weight excluding hydrogens is 322 g/mol. The molecule has 8 heteroatoms. The van der Waals surface area contributed by atoms with E-state index >= 15 is 0 Å². The molecule has 1 N–H and O–H groups in total. The Morgan fingerprint density at radius 2 is 1.83 bits per heavy atom. The van der Waals surface area contributed by atoms with Crippen LogP contribution in [0.15, 0.2) is 0 Å². The summed E-state index contributed by atoms with van der Waals surface area (Å²) in [7, 11) is 0. The molecule has 2 bridgehead atoms. The number of hydrogen-bond acceptors (Lipinski definition) is 5. The summed E-state index contributed by atoms with van der Waals surface area (Å²) in [6.45, 7) is 3.98. The van der Waals surface area contributed by atoms with Gasteiger partial charge in [0.05, 0.1) is 24.0 Å². The third kappa shape index (κ3) is 2.45. The van der Waals surface area contributed by atoms with Crippen molar-refractivity contribution in [1.82, 2.24) is 15.1 Å². The van der Waals surface area contributed by atoms with E-state index in [1.54, 1.807) is 4.90 Å². The maximum atomic E-state index is 12.5. The molecule has 0 aromatic heterocycles. The molecule has 4 rings (SSSR count). The molecule has 0 radical (unpaired) electrons. The van der Waals surface area contributed by atoms with Crippen LogP contribution in [0.25, 0.3) is 0 Å². The van der Waals surface area contributed by atoms with Gasteiger partial charge in [0.25, 0.3) is 0 Å². The molecule has 7 nitrogen and oxygen atoms in total. The molecule has 3 amide bonds. The summed E-state index contributed by atoms with van der Waals surface area (Å²) < 4.78 is 5.69. The Balaban J connectivity index is 0.00000156. The number of imide groups is 1. The molecule has 4 aliphatic heterocycles. The highest BCUT2D eigenvalue weighted by atomic mass is 35.5. The number of nitrogens with one attached hydrogen (secondary N) is 1. The zero-order chi connectivity index (χ0) is 15.4. The second kappa shape index (κ2) is 6.03. The van der Waals surface area contributed by atoms with Crippen LogP contribution in [0.4, 0.5) is 0 Å². The van der Waals surface area contributed by atoms with Crippen molar-refractivity contribution in [1.29, 1.82) is 0 Å². The van der Waals surface area contributed by atoms with Crippen molar-refractivity contribution in [2.24, 2.45) is 11.8 Å². The van der Waals surface area contributed by atoms with Gasteiger partial charge in [-0.15, -0.1) is 12.4 Å². The number of piperazine rings is 1. The Hall–Kier alpha value is -1.18. The lowest BCUT2D eigenvalue weighted by Crippen LogP contribution is -2.55. The molecule has 0 spiro atoms. The highest BCUT2D eigenvalue weighted by Gasteiger charge is 2.62. The van der Waals surface area contributed by atoms with Gasteiger partial charge in [-0.05, 0) is 19.8 Å². The van der Waals surface area contributed by atoms with Crippen LogP contribution >= 0.6 is 12.4 Å². The van der Waals surface area contributed by atoms with Gasteiger partial charge in [0.2, 0.25) is 17.7 Å². The third-order valence-electron chi connectivity index (χ3n) is 5.49. The average Bonchev–Trinajstić information content (AvgIpc) is 3.17. The predicted molar refractivity (Wildman–Crippen MR) is 82.9 cm³/mol. The van der Waals surface area contributed by atoms with Crippen LogP contribution < -0.4 is 5.32 Å². The van der Waals surface area contributed by atoms with Crippen molar-refractivity contribution in [2.45, 2.75) is 38.0 Å². The minimum atomic E-state index is -0.348. The Bertz CT molecular complexity index is 515. The second-order valence-corrected chi connectivity index (χ2v) is 6.74. The number of nitrogens with zero attached hydrogens (tertiary/aromatic N) is 2. The summed E-state index contributed by atoms with van der Waals surface area (Å²) in [6, 6.07) is 0.0908. The van der Waals surface area contributed by atoms with Crippen molar-refractivity contribution in [3.8, 4) is 0 Å². The quantitative estimate of drug-likeness (QED) is 0.677. The fourth-order valence-corrected chi connectivity index (χ4v) is 4.37. The van der Waals surface area contributed by atoms with Crippen molar-refractivity contribution in [3.05, 3.63) is 0 Å². The fourth-order valence-electron chi connectivity index (χ4n) is 4.37. The molecule has 128 valence electrons. The molecule has 0 aromatic carbocycles. The van der Waals surface area contributed by atoms with Gasteiger partial charge in [0.1, 0.15) is 6.54 Å². The first kappa shape index (κ1) is 16.7. The van der Waals surface area contributed by atoms with Crippen LogP contribution in [0, 0.1) is 11.8 Å². The lowest BCUT2D eigenvalue weighted by molar-refractivity contribution is -0.149. The van der Waals surface area contributed by atoms with E-state index in [9.17, 15) is 14.4 Å². The van der Waals surface area contributed by atoms with Crippen LogP contribution in [0.5, 0.6) is 0 Å². The Morgan fingerprint density at radius 3 is 2.39 bits per heavy atom. The largest absolute Gasteiger partial charge is 0.373 e. The molecule has 0 aliphatic carbocycles. The first-order valence-corrected chi connectivity index (χ1v) is 8.09. The summed E-state index contributed by atoms with van der Waals surface area (Å²) in [4.78, 5) is 40.5. The molecule has 23 heavy (non-hydrogen) atoms. The maximum absolute atomic E-state index is 12.5. The number of hydrogen-bond donors (Lipinski definition) is 1. The van der Waals surface area contributed by atoms with E-state index in [0.717, 1.165) is 25.9 Å². The SMILES string of the molecule is CC1CNCCN1C(=O)CN1C(=O)C2C3CCC(O3)C2C1=O.Cl. The van der Waals surface area contributed by atoms with Crippen molar-refractivity contribution < 1.29 is 19.1 Å². The normalized spacial score (nSPS) is 38.7. The van der Waals surface area contributed by atoms with Crippen LogP contribution in [0.2, 0.25) is 0 Å². The molecule has 4 saturated heterocycles. The van der Waals surface area contributed by atoms with E-state index in [-0.39, 0.29) is 66.8 Å². The molecule has 0 aromatic rings. The van der Waals surface area contributed by atoms with Gasteiger partial charge in [-0.1, -0.05) is 0 Å². The molecule has 0 saturated carbocycles. The van der Waals surface area contributed by atoms with Crippen LogP contribution in [-0.2, 0) is 19.1 Å². The fraction of sp³-hybridized carbons (Fsp3) is 0.800. The van der Waals surface area contributed by atoms with Crippen LogP contribution in [0.1, 0.15) is 19.8 Å². The first-order valence-electron chi connectivity index (χ1n) is 8.09. The van der Waals surface area contributed by atoms with Crippen molar-refractivity contribution in [2.75, 3.05) is 26.2 Å². The van der Waals surface area contributed by atoms with Crippen LogP contribution in [-0.4, -0.2) is 72.0 Å². The lowest BCUT2D eigenvalue weighted by Gasteiger charge is -2.34. The molecular formula is C15H22ClN3O4. The van der Waals surface area contributed by atoms with Gasteiger partial charge in [0.15, 0.2) is 0 Å². The smallest absolute Gasteiger partial charge is 0.243 e. The second-order valence-electron chi connectivity index (χ2n) is 6.74. The van der Waals surface area contributed by atoms with Gasteiger partial charge in [-0.25, -0.2) is 0 Å². The van der Waals surface area contributed by atoms with Gasteiger partial charge in [-0.2, -0.15) is 0 Å². The number of fused-ring (bicyclic) bond motifs is 5. The molecule has 5 unspecified atom stereocenters. The zero-order valence-electron chi connectivity index (χ0n) is 13.1. The van der Waals surface area contributed by atoms with Gasteiger partial charge >= 0.3 is 0 Å².